The summed E-state index contributed by atoms with van der Waals surface area (Å²) in [7, 11) is 1.39. The number of esters is 1. The van der Waals surface area contributed by atoms with Crippen molar-refractivity contribution in [3.05, 3.63) is 66.0 Å². The summed E-state index contributed by atoms with van der Waals surface area (Å²) in [6.45, 7) is 5.16. The van der Waals surface area contributed by atoms with Crippen LogP contribution in [0.2, 0.25) is 0 Å². The number of hydrogen-bond donors (Lipinski definition) is 1. The second-order valence-corrected chi connectivity index (χ2v) is 8.30. The molecule has 0 spiro atoms. The SMILES string of the molecule is COC(=O)c1cccc(-c2cc(Nc3cccc(N4CCC[C@@H]4C)n3)c3nccn3n2)c1C. The maximum atomic E-state index is 12.2. The molecule has 1 aliphatic heterocycles. The van der Waals surface area contributed by atoms with Crippen molar-refractivity contribution in [3.63, 3.8) is 0 Å². The molecule has 1 aliphatic rings. The lowest BCUT2D eigenvalue weighted by Crippen LogP contribution is -2.27. The molecular weight excluding hydrogens is 416 g/mol. The monoisotopic (exact) mass is 442 g/mol. The number of carbonyl (C=O) groups excluding carboxylic acids is 1. The van der Waals surface area contributed by atoms with E-state index in [0.717, 1.165) is 40.7 Å². The van der Waals surface area contributed by atoms with E-state index in [0.29, 0.717) is 17.3 Å². The highest BCUT2D eigenvalue weighted by atomic mass is 16.5. The molecule has 1 aromatic carbocycles. The highest BCUT2D eigenvalue weighted by molar-refractivity contribution is 5.93. The maximum Gasteiger partial charge on any atom is 0.338 e. The van der Waals surface area contributed by atoms with Gasteiger partial charge < -0.3 is 15.0 Å². The number of anilines is 3. The van der Waals surface area contributed by atoms with Gasteiger partial charge >= 0.3 is 5.97 Å². The van der Waals surface area contributed by atoms with Crippen LogP contribution in [0.3, 0.4) is 0 Å². The predicted molar refractivity (Wildman–Crippen MR) is 128 cm³/mol. The molecule has 168 valence electrons. The average molecular weight is 443 g/mol. The summed E-state index contributed by atoms with van der Waals surface area (Å²) in [6, 6.07) is 14.0. The van der Waals surface area contributed by atoms with Crippen molar-refractivity contribution >= 4 is 28.9 Å². The normalized spacial score (nSPS) is 15.7. The van der Waals surface area contributed by atoms with Gasteiger partial charge in [0.2, 0.25) is 0 Å². The minimum Gasteiger partial charge on any atom is -0.465 e. The van der Waals surface area contributed by atoms with Crippen molar-refractivity contribution < 1.29 is 9.53 Å². The zero-order valence-corrected chi connectivity index (χ0v) is 18.9. The molecule has 4 aromatic rings. The van der Waals surface area contributed by atoms with Gasteiger partial charge in [-0.05, 0) is 56.5 Å². The molecule has 4 heterocycles. The lowest BCUT2D eigenvalue weighted by molar-refractivity contribution is 0.0600. The van der Waals surface area contributed by atoms with E-state index in [2.05, 4.69) is 28.2 Å². The third kappa shape index (κ3) is 3.88. The number of aromatic nitrogens is 4. The van der Waals surface area contributed by atoms with Crippen LogP contribution in [0.15, 0.2) is 54.9 Å². The van der Waals surface area contributed by atoms with Crippen LogP contribution in [0.5, 0.6) is 0 Å². The van der Waals surface area contributed by atoms with E-state index in [1.807, 2.05) is 37.3 Å². The number of methoxy groups -OCH3 is 1. The van der Waals surface area contributed by atoms with Crippen LogP contribution in [-0.4, -0.2) is 45.2 Å². The first-order valence-corrected chi connectivity index (χ1v) is 11.1. The molecule has 1 atom stereocenters. The Morgan fingerprint density at radius 1 is 1.21 bits per heavy atom. The summed E-state index contributed by atoms with van der Waals surface area (Å²) < 4.78 is 6.66. The Kier molecular flexibility index (Phi) is 5.42. The number of fused-ring (bicyclic) bond motifs is 1. The van der Waals surface area contributed by atoms with Gasteiger partial charge in [-0.2, -0.15) is 5.10 Å². The van der Waals surface area contributed by atoms with Gasteiger partial charge in [0.05, 0.1) is 24.1 Å². The number of rotatable bonds is 5. The molecular formula is C25H26N6O2. The van der Waals surface area contributed by atoms with E-state index >= 15 is 0 Å². The first-order chi connectivity index (χ1) is 16.0. The highest BCUT2D eigenvalue weighted by Gasteiger charge is 2.22. The van der Waals surface area contributed by atoms with Crippen LogP contribution in [0.25, 0.3) is 16.9 Å². The quantitative estimate of drug-likeness (QED) is 0.452. The molecule has 1 N–H and O–H groups in total. The Bertz CT molecular complexity index is 1330. The van der Waals surface area contributed by atoms with Gasteiger partial charge in [0.15, 0.2) is 5.65 Å². The Labute approximate surface area is 192 Å². The van der Waals surface area contributed by atoms with E-state index in [1.165, 1.54) is 20.0 Å². The molecule has 8 nitrogen and oxygen atoms in total. The molecule has 1 saturated heterocycles. The van der Waals surface area contributed by atoms with Crippen molar-refractivity contribution in [3.8, 4) is 11.3 Å². The number of hydrogen-bond acceptors (Lipinski definition) is 7. The number of ether oxygens (including phenoxy) is 1. The fraction of sp³-hybridized carbons (Fsp3) is 0.280. The summed E-state index contributed by atoms with van der Waals surface area (Å²) in [6.07, 6.45) is 5.89. The fourth-order valence-electron chi connectivity index (χ4n) is 4.45. The number of benzene rings is 1. The molecule has 0 radical (unpaired) electrons. The van der Waals surface area contributed by atoms with Gasteiger partial charge in [-0.3, -0.25) is 0 Å². The molecule has 0 aliphatic carbocycles. The summed E-state index contributed by atoms with van der Waals surface area (Å²) >= 11 is 0. The summed E-state index contributed by atoms with van der Waals surface area (Å²) in [4.78, 5) is 23.8. The summed E-state index contributed by atoms with van der Waals surface area (Å²) in [5.41, 5.74) is 4.38. The third-order valence-corrected chi connectivity index (χ3v) is 6.22. The fourth-order valence-corrected chi connectivity index (χ4v) is 4.45. The molecule has 8 heteroatoms. The van der Waals surface area contributed by atoms with E-state index < -0.39 is 0 Å². The minimum atomic E-state index is -0.367. The van der Waals surface area contributed by atoms with Crippen molar-refractivity contribution in [1.82, 2.24) is 19.6 Å². The van der Waals surface area contributed by atoms with Crippen LogP contribution < -0.4 is 10.2 Å². The number of pyridine rings is 1. The Morgan fingerprint density at radius 3 is 2.85 bits per heavy atom. The topological polar surface area (TPSA) is 84.6 Å². The second-order valence-electron chi connectivity index (χ2n) is 8.30. The second kappa shape index (κ2) is 8.54. The molecule has 0 bridgehead atoms. The van der Waals surface area contributed by atoms with Crippen LogP contribution in [0.4, 0.5) is 17.3 Å². The number of imidazole rings is 1. The molecule has 3 aromatic heterocycles. The van der Waals surface area contributed by atoms with E-state index in [4.69, 9.17) is 14.8 Å². The van der Waals surface area contributed by atoms with E-state index in [-0.39, 0.29) is 5.97 Å². The van der Waals surface area contributed by atoms with Crippen LogP contribution in [0.1, 0.15) is 35.7 Å². The van der Waals surface area contributed by atoms with Crippen molar-refractivity contribution in [2.75, 3.05) is 23.9 Å². The summed E-state index contributed by atoms with van der Waals surface area (Å²) in [5, 5.41) is 8.16. The number of carbonyl (C=O) groups is 1. The molecule has 33 heavy (non-hydrogen) atoms. The molecule has 5 rings (SSSR count). The van der Waals surface area contributed by atoms with E-state index in [9.17, 15) is 4.79 Å². The van der Waals surface area contributed by atoms with Gasteiger partial charge in [0.1, 0.15) is 11.6 Å². The Hall–Kier alpha value is -3.94. The van der Waals surface area contributed by atoms with Gasteiger partial charge in [0, 0.05) is 30.5 Å². The van der Waals surface area contributed by atoms with Gasteiger partial charge in [-0.1, -0.05) is 18.2 Å². The first kappa shape index (κ1) is 20.9. The highest BCUT2D eigenvalue weighted by Crippen LogP contribution is 2.30. The molecule has 1 fully saturated rings. The zero-order valence-electron chi connectivity index (χ0n) is 18.9. The van der Waals surface area contributed by atoms with Crippen molar-refractivity contribution in [2.45, 2.75) is 32.7 Å². The van der Waals surface area contributed by atoms with E-state index in [1.54, 1.807) is 23.0 Å². The maximum absolute atomic E-state index is 12.2. The van der Waals surface area contributed by atoms with Crippen LogP contribution in [0, 0.1) is 6.92 Å². The van der Waals surface area contributed by atoms with Crippen LogP contribution in [-0.2, 0) is 4.74 Å². The average Bonchev–Trinajstić information content (AvgIpc) is 3.48. The van der Waals surface area contributed by atoms with Crippen molar-refractivity contribution in [1.29, 1.82) is 0 Å². The molecule has 0 unspecified atom stereocenters. The zero-order chi connectivity index (χ0) is 22.9. The lowest BCUT2D eigenvalue weighted by Gasteiger charge is -2.23. The predicted octanol–water partition coefficient (Wildman–Crippen LogP) is 4.62. The number of nitrogens with one attached hydrogen (secondary N) is 1. The molecule has 0 saturated carbocycles. The van der Waals surface area contributed by atoms with Gasteiger partial charge in [0.25, 0.3) is 0 Å². The summed E-state index contributed by atoms with van der Waals surface area (Å²) in [5.74, 6) is 1.35. The third-order valence-electron chi connectivity index (χ3n) is 6.22. The molecule has 0 amide bonds. The standard InChI is InChI=1S/C25H26N6O2/c1-16-7-6-13-30(16)23-11-5-10-22(28-23)27-21-15-20(29-31-14-12-26-24(21)31)18-8-4-9-19(17(18)2)25(32)33-3/h4-5,8-12,14-16H,6-7,13H2,1-3H3,(H,27,28)/t16-/m0/s1. The van der Waals surface area contributed by atoms with Gasteiger partial charge in [-0.15, -0.1) is 0 Å². The minimum absolute atomic E-state index is 0.367. The largest absolute Gasteiger partial charge is 0.465 e. The lowest BCUT2D eigenvalue weighted by atomic mass is 9.99. The Morgan fingerprint density at radius 2 is 2.06 bits per heavy atom. The smallest absolute Gasteiger partial charge is 0.338 e. The number of nitrogens with zero attached hydrogens (tertiary/aromatic N) is 5. The Balaban J connectivity index is 1.55. The van der Waals surface area contributed by atoms with Crippen molar-refractivity contribution in [2.24, 2.45) is 0 Å². The van der Waals surface area contributed by atoms with Crippen LogP contribution >= 0.6 is 0 Å². The van der Waals surface area contributed by atoms with Gasteiger partial charge in [-0.25, -0.2) is 19.3 Å². The first-order valence-electron chi connectivity index (χ1n) is 11.1.